The van der Waals surface area contributed by atoms with Crippen LogP contribution in [0.1, 0.15) is 22.8 Å². The van der Waals surface area contributed by atoms with E-state index in [9.17, 15) is 4.79 Å². The molecule has 0 aliphatic heterocycles. The van der Waals surface area contributed by atoms with E-state index >= 15 is 0 Å². The van der Waals surface area contributed by atoms with E-state index in [-0.39, 0.29) is 5.78 Å². The van der Waals surface area contributed by atoms with Gasteiger partial charge in [0, 0.05) is 18.2 Å². The highest BCUT2D eigenvalue weighted by atomic mass is 16.5. The van der Waals surface area contributed by atoms with Gasteiger partial charge in [0.15, 0.2) is 17.3 Å². The largest absolute Gasteiger partial charge is 0.493 e. The van der Waals surface area contributed by atoms with Gasteiger partial charge in [0.05, 0.1) is 20.8 Å². The van der Waals surface area contributed by atoms with E-state index in [2.05, 4.69) is 0 Å². The molecule has 0 amide bonds. The van der Waals surface area contributed by atoms with Gasteiger partial charge in [-0.15, -0.1) is 0 Å². The van der Waals surface area contributed by atoms with Crippen molar-refractivity contribution in [2.75, 3.05) is 21.3 Å². The van der Waals surface area contributed by atoms with Crippen LogP contribution >= 0.6 is 0 Å². The molecule has 1 aromatic carbocycles. The van der Waals surface area contributed by atoms with E-state index in [1.807, 2.05) is 0 Å². The van der Waals surface area contributed by atoms with Crippen molar-refractivity contribution in [1.82, 2.24) is 0 Å². The van der Waals surface area contributed by atoms with Crippen molar-refractivity contribution in [2.45, 2.75) is 13.5 Å². The Morgan fingerprint density at radius 2 is 1.88 bits per heavy atom. The maximum Gasteiger partial charge on any atom is 0.166 e. The number of carbonyl (C=O) groups is 1. The quantitative estimate of drug-likeness (QED) is 0.718. The topological polar surface area (TPSA) is 44.8 Å². The van der Waals surface area contributed by atoms with Gasteiger partial charge in [-0.2, -0.15) is 0 Å². The summed E-state index contributed by atoms with van der Waals surface area (Å²) in [5.74, 6) is 1.13. The van der Waals surface area contributed by atoms with Crippen LogP contribution in [0.15, 0.2) is 12.1 Å². The van der Waals surface area contributed by atoms with Gasteiger partial charge in [-0.3, -0.25) is 4.79 Å². The molecule has 0 bridgehead atoms. The third kappa shape index (κ3) is 2.33. The predicted molar refractivity (Wildman–Crippen MR) is 60.3 cm³/mol. The summed E-state index contributed by atoms with van der Waals surface area (Å²) in [6, 6.07) is 3.44. The monoisotopic (exact) mass is 224 g/mol. The van der Waals surface area contributed by atoms with Crippen LogP contribution in [0.4, 0.5) is 0 Å². The summed E-state index contributed by atoms with van der Waals surface area (Å²) in [6.07, 6.45) is 0. The Balaban J connectivity index is 3.37. The molecule has 0 aliphatic rings. The molecule has 16 heavy (non-hydrogen) atoms. The van der Waals surface area contributed by atoms with Crippen molar-refractivity contribution in [2.24, 2.45) is 0 Å². The van der Waals surface area contributed by atoms with Gasteiger partial charge in [-0.05, 0) is 19.1 Å². The molecule has 0 N–H and O–H groups in total. The van der Waals surface area contributed by atoms with Crippen molar-refractivity contribution in [3.8, 4) is 11.5 Å². The summed E-state index contributed by atoms with van der Waals surface area (Å²) in [5, 5.41) is 0. The number of rotatable bonds is 5. The molecule has 0 aliphatic carbocycles. The first-order valence-electron chi connectivity index (χ1n) is 4.89. The minimum Gasteiger partial charge on any atom is -0.493 e. The molecular weight excluding hydrogens is 208 g/mol. The van der Waals surface area contributed by atoms with Crippen LogP contribution in [-0.2, 0) is 11.3 Å². The lowest BCUT2D eigenvalue weighted by molar-refractivity contribution is 0.101. The number of ketones is 1. The number of methoxy groups -OCH3 is 3. The first-order valence-corrected chi connectivity index (χ1v) is 4.89. The Bertz CT molecular complexity index is 385. The Kier molecular flexibility index (Phi) is 4.31. The lowest BCUT2D eigenvalue weighted by Crippen LogP contribution is -2.05. The van der Waals surface area contributed by atoms with Crippen molar-refractivity contribution in [3.63, 3.8) is 0 Å². The molecule has 4 nitrogen and oxygen atoms in total. The Morgan fingerprint density at radius 1 is 1.19 bits per heavy atom. The molecule has 0 saturated carbocycles. The molecule has 0 saturated heterocycles. The van der Waals surface area contributed by atoms with Crippen LogP contribution < -0.4 is 9.47 Å². The molecule has 1 rings (SSSR count). The Labute approximate surface area is 95.1 Å². The lowest BCUT2D eigenvalue weighted by Gasteiger charge is -2.15. The smallest absolute Gasteiger partial charge is 0.166 e. The first-order chi connectivity index (χ1) is 7.65. The lowest BCUT2D eigenvalue weighted by atomic mass is 10.0. The second-order valence-corrected chi connectivity index (χ2v) is 3.32. The first kappa shape index (κ1) is 12.5. The van der Waals surface area contributed by atoms with Gasteiger partial charge in [-0.1, -0.05) is 0 Å². The standard InChI is InChI=1S/C12H16O4/c1-8(13)9-5-6-11(15-3)12(16-4)10(9)7-14-2/h5-6H,7H2,1-4H3. The maximum absolute atomic E-state index is 11.5. The minimum atomic E-state index is -0.0204. The Hall–Kier alpha value is -1.55. The van der Waals surface area contributed by atoms with Crippen LogP contribution in [0.5, 0.6) is 11.5 Å². The summed E-state index contributed by atoms with van der Waals surface area (Å²) in [6.45, 7) is 1.83. The number of benzene rings is 1. The molecule has 0 aromatic heterocycles. The highest BCUT2D eigenvalue weighted by Crippen LogP contribution is 2.34. The SMILES string of the molecule is COCc1c(C(C)=O)ccc(OC)c1OC. The summed E-state index contributed by atoms with van der Waals surface area (Å²) in [7, 11) is 4.67. The number of hydrogen-bond acceptors (Lipinski definition) is 4. The number of ether oxygens (including phenoxy) is 3. The number of Topliss-reactive ketones (excluding diaryl/α,β-unsaturated/α-hetero) is 1. The van der Waals surface area contributed by atoms with Gasteiger partial charge >= 0.3 is 0 Å². The van der Waals surface area contributed by atoms with Crippen LogP contribution in [-0.4, -0.2) is 27.1 Å². The van der Waals surface area contributed by atoms with Gasteiger partial charge in [0.1, 0.15) is 0 Å². The van der Waals surface area contributed by atoms with Crippen molar-refractivity contribution in [3.05, 3.63) is 23.3 Å². The summed E-state index contributed by atoms with van der Waals surface area (Å²) in [4.78, 5) is 11.5. The fourth-order valence-corrected chi connectivity index (χ4v) is 1.61. The molecule has 0 radical (unpaired) electrons. The fraction of sp³-hybridized carbons (Fsp3) is 0.417. The van der Waals surface area contributed by atoms with Crippen molar-refractivity contribution < 1.29 is 19.0 Å². The molecular formula is C12H16O4. The summed E-state index contributed by atoms with van der Waals surface area (Å²) >= 11 is 0. The Morgan fingerprint density at radius 3 is 2.31 bits per heavy atom. The van der Waals surface area contributed by atoms with E-state index in [0.717, 1.165) is 5.56 Å². The number of carbonyl (C=O) groups excluding carboxylic acids is 1. The van der Waals surface area contributed by atoms with Gasteiger partial charge < -0.3 is 14.2 Å². The van der Waals surface area contributed by atoms with Crippen LogP contribution in [0.3, 0.4) is 0 Å². The zero-order valence-corrected chi connectivity index (χ0v) is 9.99. The highest BCUT2D eigenvalue weighted by Gasteiger charge is 2.16. The van der Waals surface area contributed by atoms with Crippen LogP contribution in [0.25, 0.3) is 0 Å². The average Bonchev–Trinajstić information content (AvgIpc) is 2.28. The second kappa shape index (κ2) is 5.51. The van der Waals surface area contributed by atoms with Crippen molar-refractivity contribution in [1.29, 1.82) is 0 Å². The van der Waals surface area contributed by atoms with E-state index < -0.39 is 0 Å². The minimum absolute atomic E-state index is 0.0204. The highest BCUT2D eigenvalue weighted by molar-refractivity contribution is 5.96. The fourth-order valence-electron chi connectivity index (χ4n) is 1.61. The molecule has 0 unspecified atom stereocenters. The van der Waals surface area contributed by atoms with E-state index in [1.165, 1.54) is 6.92 Å². The van der Waals surface area contributed by atoms with Gasteiger partial charge in [0.25, 0.3) is 0 Å². The maximum atomic E-state index is 11.5. The molecule has 1 aromatic rings. The zero-order chi connectivity index (χ0) is 12.1. The third-order valence-corrected chi connectivity index (χ3v) is 2.32. The molecule has 0 fully saturated rings. The van der Waals surface area contributed by atoms with Crippen LogP contribution in [0, 0.1) is 0 Å². The van der Waals surface area contributed by atoms with E-state index in [1.54, 1.807) is 33.5 Å². The van der Waals surface area contributed by atoms with E-state index in [0.29, 0.717) is 23.7 Å². The predicted octanol–water partition coefficient (Wildman–Crippen LogP) is 2.05. The normalized spacial score (nSPS) is 10.0. The molecule has 0 heterocycles. The van der Waals surface area contributed by atoms with Crippen molar-refractivity contribution >= 4 is 5.78 Å². The molecule has 0 atom stereocenters. The van der Waals surface area contributed by atoms with Gasteiger partial charge in [-0.25, -0.2) is 0 Å². The molecule has 88 valence electrons. The summed E-state index contributed by atoms with van der Waals surface area (Å²) < 4.78 is 15.5. The average molecular weight is 224 g/mol. The van der Waals surface area contributed by atoms with Crippen LogP contribution in [0.2, 0.25) is 0 Å². The second-order valence-electron chi connectivity index (χ2n) is 3.32. The molecule has 0 spiro atoms. The van der Waals surface area contributed by atoms with Gasteiger partial charge in [0.2, 0.25) is 0 Å². The summed E-state index contributed by atoms with van der Waals surface area (Å²) in [5.41, 5.74) is 1.32. The third-order valence-electron chi connectivity index (χ3n) is 2.32. The van der Waals surface area contributed by atoms with E-state index in [4.69, 9.17) is 14.2 Å². The number of hydrogen-bond donors (Lipinski definition) is 0. The zero-order valence-electron chi connectivity index (χ0n) is 9.99. The molecule has 4 heteroatoms.